The number of imide groups is 1. The Labute approximate surface area is 201 Å². The standard InChI is InChI=1S/C23H12Cl2N4O5/c24-16-9-18-19(10-17(16)25)28(21(30)12-4-3-5-13(8-12)29(33)34)20(26-18)11-27-22(31)14-6-1-2-7-15(14)23(27)32/h1-10H,11H2. The summed E-state index contributed by atoms with van der Waals surface area (Å²) in [5.74, 6) is -1.60. The van der Waals surface area contributed by atoms with Crippen LogP contribution in [0, 0.1) is 10.1 Å². The van der Waals surface area contributed by atoms with E-state index in [1.54, 1.807) is 24.3 Å². The summed E-state index contributed by atoms with van der Waals surface area (Å²) in [6, 6.07) is 14.5. The molecule has 0 radical (unpaired) electrons. The zero-order chi connectivity index (χ0) is 24.1. The molecule has 4 aromatic rings. The molecule has 11 heteroatoms. The Bertz CT molecular complexity index is 1530. The summed E-state index contributed by atoms with van der Waals surface area (Å²) in [4.78, 5) is 55.3. The maximum atomic E-state index is 13.5. The molecule has 1 aliphatic rings. The van der Waals surface area contributed by atoms with Crippen LogP contribution in [0.2, 0.25) is 10.0 Å². The molecular weight excluding hydrogens is 483 g/mol. The van der Waals surface area contributed by atoms with Crippen molar-refractivity contribution in [2.75, 3.05) is 0 Å². The highest BCUT2D eigenvalue weighted by molar-refractivity contribution is 6.42. The van der Waals surface area contributed by atoms with Crippen molar-refractivity contribution in [3.05, 3.63) is 103 Å². The van der Waals surface area contributed by atoms with Crippen LogP contribution in [0.1, 0.15) is 36.9 Å². The van der Waals surface area contributed by atoms with Crippen molar-refractivity contribution in [2.45, 2.75) is 6.54 Å². The van der Waals surface area contributed by atoms with Gasteiger partial charge in [0, 0.05) is 17.7 Å². The van der Waals surface area contributed by atoms with Crippen LogP contribution in [0.15, 0.2) is 60.7 Å². The molecule has 0 fully saturated rings. The number of carbonyl (C=O) groups excluding carboxylic acids is 3. The fraction of sp³-hybridized carbons (Fsp3) is 0.0435. The molecule has 1 aliphatic heterocycles. The molecule has 9 nitrogen and oxygen atoms in total. The Morgan fingerprint density at radius 3 is 2.24 bits per heavy atom. The number of hydrogen-bond acceptors (Lipinski definition) is 6. The van der Waals surface area contributed by atoms with Crippen LogP contribution in [0.3, 0.4) is 0 Å². The van der Waals surface area contributed by atoms with Crippen LogP contribution >= 0.6 is 23.2 Å². The molecule has 168 valence electrons. The van der Waals surface area contributed by atoms with E-state index in [1.165, 1.54) is 34.9 Å². The van der Waals surface area contributed by atoms with Crippen molar-refractivity contribution in [3.63, 3.8) is 0 Å². The third-order valence-corrected chi connectivity index (χ3v) is 6.17. The predicted octanol–water partition coefficient (Wildman–Crippen LogP) is 4.74. The summed E-state index contributed by atoms with van der Waals surface area (Å²) >= 11 is 12.3. The number of nitrogens with zero attached hydrogens (tertiary/aromatic N) is 4. The average Bonchev–Trinajstić information content (AvgIpc) is 3.29. The number of halogens is 2. The second-order valence-corrected chi connectivity index (χ2v) is 8.29. The minimum atomic E-state index is -0.642. The van der Waals surface area contributed by atoms with E-state index in [4.69, 9.17) is 23.2 Å². The number of imidazole rings is 1. The molecule has 0 bridgehead atoms. The van der Waals surface area contributed by atoms with E-state index in [9.17, 15) is 24.5 Å². The lowest BCUT2D eigenvalue weighted by atomic mass is 10.1. The van der Waals surface area contributed by atoms with Gasteiger partial charge in [-0.2, -0.15) is 0 Å². The monoisotopic (exact) mass is 494 g/mol. The molecule has 2 amide bonds. The van der Waals surface area contributed by atoms with Gasteiger partial charge in [-0.25, -0.2) is 4.98 Å². The molecule has 0 spiro atoms. The van der Waals surface area contributed by atoms with Crippen LogP contribution in [-0.2, 0) is 6.54 Å². The quantitative estimate of drug-likeness (QED) is 0.230. The van der Waals surface area contributed by atoms with E-state index < -0.39 is 22.6 Å². The second kappa shape index (κ2) is 8.05. The lowest BCUT2D eigenvalue weighted by Gasteiger charge is -2.15. The number of nitro groups is 1. The smallest absolute Gasteiger partial charge is 0.269 e. The van der Waals surface area contributed by atoms with E-state index in [2.05, 4.69) is 4.98 Å². The number of carbonyl (C=O) groups is 3. The zero-order valence-electron chi connectivity index (χ0n) is 17.1. The third kappa shape index (κ3) is 3.42. The normalized spacial score (nSPS) is 12.9. The number of benzene rings is 3. The maximum Gasteiger partial charge on any atom is 0.270 e. The van der Waals surface area contributed by atoms with Gasteiger partial charge in [0.2, 0.25) is 0 Å². The van der Waals surface area contributed by atoms with E-state index in [-0.39, 0.29) is 50.3 Å². The number of amides is 2. The van der Waals surface area contributed by atoms with Gasteiger partial charge < -0.3 is 0 Å². The lowest BCUT2D eigenvalue weighted by molar-refractivity contribution is -0.384. The first-order valence-corrected chi connectivity index (χ1v) is 10.6. The molecule has 3 aromatic carbocycles. The first-order chi connectivity index (χ1) is 16.3. The summed E-state index contributed by atoms with van der Waals surface area (Å²) < 4.78 is 1.18. The molecule has 0 saturated carbocycles. The first kappa shape index (κ1) is 21.7. The summed E-state index contributed by atoms with van der Waals surface area (Å²) in [7, 11) is 0. The summed E-state index contributed by atoms with van der Waals surface area (Å²) in [5.41, 5.74) is 0.844. The highest BCUT2D eigenvalue weighted by Gasteiger charge is 2.36. The van der Waals surface area contributed by atoms with Crippen LogP contribution in [0.25, 0.3) is 11.0 Å². The van der Waals surface area contributed by atoms with Gasteiger partial charge in [-0.05, 0) is 30.3 Å². The van der Waals surface area contributed by atoms with Gasteiger partial charge in [-0.15, -0.1) is 0 Å². The van der Waals surface area contributed by atoms with Crippen molar-refractivity contribution in [1.29, 1.82) is 0 Å². The number of hydrogen-bond donors (Lipinski definition) is 0. The van der Waals surface area contributed by atoms with Crippen LogP contribution in [-0.4, -0.2) is 37.1 Å². The Balaban J connectivity index is 1.64. The van der Waals surface area contributed by atoms with E-state index in [0.717, 1.165) is 11.0 Å². The molecule has 34 heavy (non-hydrogen) atoms. The van der Waals surface area contributed by atoms with Gasteiger partial charge in [-0.1, -0.05) is 41.4 Å². The van der Waals surface area contributed by atoms with E-state index in [0.29, 0.717) is 5.52 Å². The zero-order valence-corrected chi connectivity index (χ0v) is 18.6. The number of nitro benzene ring substituents is 1. The van der Waals surface area contributed by atoms with Crippen molar-refractivity contribution in [2.24, 2.45) is 0 Å². The molecule has 0 atom stereocenters. The molecule has 1 aromatic heterocycles. The van der Waals surface area contributed by atoms with Gasteiger partial charge in [0.25, 0.3) is 23.4 Å². The molecular formula is C23H12Cl2N4O5. The fourth-order valence-corrected chi connectivity index (χ4v) is 4.18. The summed E-state index contributed by atoms with van der Waals surface area (Å²) in [6.45, 7) is -0.309. The van der Waals surface area contributed by atoms with Crippen molar-refractivity contribution >= 4 is 57.6 Å². The molecule has 0 unspecified atom stereocenters. The maximum absolute atomic E-state index is 13.5. The van der Waals surface area contributed by atoms with Crippen molar-refractivity contribution in [1.82, 2.24) is 14.5 Å². The van der Waals surface area contributed by atoms with E-state index >= 15 is 0 Å². The van der Waals surface area contributed by atoms with Crippen LogP contribution in [0.5, 0.6) is 0 Å². The van der Waals surface area contributed by atoms with E-state index in [1.807, 2.05) is 0 Å². The number of aromatic nitrogens is 2. The SMILES string of the molecule is O=C1c2ccccc2C(=O)N1Cc1nc2cc(Cl)c(Cl)cc2n1C(=O)c1cccc([N+](=O)[O-])c1. The number of non-ortho nitro benzene ring substituents is 1. The van der Waals surface area contributed by atoms with Gasteiger partial charge in [0.15, 0.2) is 0 Å². The lowest BCUT2D eigenvalue weighted by Crippen LogP contribution is -2.31. The first-order valence-electron chi connectivity index (χ1n) is 9.87. The van der Waals surface area contributed by atoms with Crippen LogP contribution in [0.4, 0.5) is 5.69 Å². The number of rotatable bonds is 4. The second-order valence-electron chi connectivity index (χ2n) is 7.47. The molecule has 0 saturated heterocycles. The minimum absolute atomic E-state index is 0.0168. The largest absolute Gasteiger partial charge is 0.270 e. The minimum Gasteiger partial charge on any atom is -0.269 e. The Kier molecular flexibility index (Phi) is 5.15. The molecule has 0 N–H and O–H groups in total. The summed E-state index contributed by atoms with van der Waals surface area (Å²) in [5, 5.41) is 11.6. The molecule has 5 rings (SSSR count). The number of fused-ring (bicyclic) bond motifs is 2. The van der Waals surface area contributed by atoms with Gasteiger partial charge >= 0.3 is 0 Å². The highest BCUT2D eigenvalue weighted by Crippen LogP contribution is 2.31. The third-order valence-electron chi connectivity index (χ3n) is 5.45. The predicted molar refractivity (Wildman–Crippen MR) is 123 cm³/mol. The Morgan fingerprint density at radius 2 is 1.59 bits per heavy atom. The van der Waals surface area contributed by atoms with Crippen molar-refractivity contribution in [3.8, 4) is 0 Å². The van der Waals surface area contributed by atoms with Gasteiger partial charge in [0.05, 0.1) is 43.7 Å². The highest BCUT2D eigenvalue weighted by atomic mass is 35.5. The van der Waals surface area contributed by atoms with Gasteiger partial charge in [-0.3, -0.25) is 34.0 Å². The summed E-state index contributed by atoms with van der Waals surface area (Å²) in [6.07, 6.45) is 0. The topological polar surface area (TPSA) is 115 Å². The molecule has 0 aliphatic carbocycles. The Morgan fingerprint density at radius 1 is 0.941 bits per heavy atom. The average molecular weight is 495 g/mol. The van der Waals surface area contributed by atoms with Crippen molar-refractivity contribution < 1.29 is 19.3 Å². The Hall–Kier alpha value is -4.08. The van der Waals surface area contributed by atoms with Crippen LogP contribution < -0.4 is 0 Å². The van der Waals surface area contributed by atoms with Gasteiger partial charge in [0.1, 0.15) is 5.82 Å². The fourth-order valence-electron chi connectivity index (χ4n) is 3.86. The molecule has 2 heterocycles.